The molecule has 1 aromatic carbocycles. The highest BCUT2D eigenvalue weighted by Crippen LogP contribution is 2.25. The smallest absolute Gasteiger partial charge is 0.253 e. The fourth-order valence-electron chi connectivity index (χ4n) is 4.76. The van der Waals surface area contributed by atoms with Crippen LogP contribution in [0.15, 0.2) is 42.6 Å². The van der Waals surface area contributed by atoms with Gasteiger partial charge >= 0.3 is 0 Å². The maximum Gasteiger partial charge on any atom is 0.253 e. The summed E-state index contributed by atoms with van der Waals surface area (Å²) in [6.07, 6.45) is 1.81. The summed E-state index contributed by atoms with van der Waals surface area (Å²) in [4.78, 5) is 39.0. The van der Waals surface area contributed by atoms with Gasteiger partial charge in [0.2, 0.25) is 0 Å². The predicted octanol–water partition coefficient (Wildman–Crippen LogP) is 3.03. The molecule has 4 rings (SSSR count). The SMILES string of the molecule is CC(C)Nc1cccnc1N1CCN(C(=O)c2ccc(C(=O)N3CCN(C(C)C)CC3)cc2)CC1. The first-order valence-electron chi connectivity index (χ1n) is 12.7. The largest absolute Gasteiger partial charge is 0.380 e. The molecule has 2 saturated heterocycles. The maximum atomic E-state index is 13.1. The standard InChI is InChI=1S/C27H38N6O2/c1-20(2)29-24-6-5-11-28-25(24)31-14-18-33(19-15-31)27(35)23-9-7-22(8-10-23)26(34)32-16-12-30(13-17-32)21(3)4/h5-11,20-21,29H,12-19H2,1-4H3. The first-order valence-corrected chi connectivity index (χ1v) is 12.7. The van der Waals surface area contributed by atoms with E-state index >= 15 is 0 Å². The third-order valence-corrected chi connectivity index (χ3v) is 6.81. The fraction of sp³-hybridized carbons (Fsp3) is 0.519. The number of aromatic nitrogens is 1. The van der Waals surface area contributed by atoms with E-state index in [4.69, 9.17) is 0 Å². The molecular formula is C27H38N6O2. The van der Waals surface area contributed by atoms with E-state index in [1.165, 1.54) is 0 Å². The zero-order valence-electron chi connectivity index (χ0n) is 21.4. The lowest BCUT2D eigenvalue weighted by atomic mass is 10.1. The van der Waals surface area contributed by atoms with E-state index in [9.17, 15) is 9.59 Å². The van der Waals surface area contributed by atoms with Crippen molar-refractivity contribution in [2.24, 2.45) is 0 Å². The minimum absolute atomic E-state index is 0.00995. The average Bonchev–Trinajstić information content (AvgIpc) is 2.88. The molecule has 2 fully saturated rings. The Labute approximate surface area is 208 Å². The van der Waals surface area contributed by atoms with Crippen LogP contribution in [0.25, 0.3) is 0 Å². The molecule has 0 radical (unpaired) electrons. The Balaban J connectivity index is 1.33. The Morgan fingerprint density at radius 2 is 1.29 bits per heavy atom. The highest BCUT2D eigenvalue weighted by atomic mass is 16.2. The van der Waals surface area contributed by atoms with Crippen molar-refractivity contribution in [3.8, 4) is 0 Å². The zero-order valence-corrected chi connectivity index (χ0v) is 21.4. The van der Waals surface area contributed by atoms with Crippen molar-refractivity contribution in [1.29, 1.82) is 0 Å². The molecule has 0 unspecified atom stereocenters. The van der Waals surface area contributed by atoms with Gasteiger partial charge in [-0.25, -0.2) is 4.98 Å². The van der Waals surface area contributed by atoms with E-state index in [-0.39, 0.29) is 11.8 Å². The molecule has 0 saturated carbocycles. The van der Waals surface area contributed by atoms with Crippen LogP contribution in [0, 0.1) is 0 Å². The van der Waals surface area contributed by atoms with Gasteiger partial charge in [0.25, 0.3) is 11.8 Å². The summed E-state index contributed by atoms with van der Waals surface area (Å²) >= 11 is 0. The Kier molecular flexibility index (Phi) is 7.90. The minimum Gasteiger partial charge on any atom is -0.380 e. The van der Waals surface area contributed by atoms with Crippen molar-refractivity contribution in [1.82, 2.24) is 19.7 Å². The predicted molar refractivity (Wildman–Crippen MR) is 140 cm³/mol. The van der Waals surface area contributed by atoms with Crippen molar-refractivity contribution in [2.45, 2.75) is 39.8 Å². The van der Waals surface area contributed by atoms with Crippen molar-refractivity contribution in [2.75, 3.05) is 62.6 Å². The van der Waals surface area contributed by atoms with E-state index in [1.807, 2.05) is 28.1 Å². The van der Waals surface area contributed by atoms with Crippen molar-refractivity contribution in [3.63, 3.8) is 0 Å². The van der Waals surface area contributed by atoms with E-state index in [2.05, 4.69) is 47.8 Å². The van der Waals surface area contributed by atoms with Crippen molar-refractivity contribution >= 4 is 23.3 Å². The topological polar surface area (TPSA) is 72.0 Å². The van der Waals surface area contributed by atoms with E-state index < -0.39 is 0 Å². The number of nitrogens with one attached hydrogen (secondary N) is 1. The summed E-state index contributed by atoms with van der Waals surface area (Å²) < 4.78 is 0. The van der Waals surface area contributed by atoms with Crippen molar-refractivity contribution < 1.29 is 9.59 Å². The van der Waals surface area contributed by atoms with Gasteiger partial charge in [0.05, 0.1) is 5.69 Å². The lowest BCUT2D eigenvalue weighted by Gasteiger charge is -2.37. The molecule has 188 valence electrons. The third kappa shape index (κ3) is 5.93. The lowest BCUT2D eigenvalue weighted by Crippen LogP contribution is -2.50. The van der Waals surface area contributed by atoms with Gasteiger partial charge < -0.3 is 20.0 Å². The first kappa shape index (κ1) is 25.0. The number of carbonyl (C=O) groups is 2. The highest BCUT2D eigenvalue weighted by Gasteiger charge is 2.26. The summed E-state index contributed by atoms with van der Waals surface area (Å²) in [6, 6.07) is 12.0. The molecule has 1 aromatic heterocycles. The molecule has 2 aliphatic rings. The molecule has 0 aliphatic carbocycles. The second-order valence-corrected chi connectivity index (χ2v) is 9.95. The average molecular weight is 479 g/mol. The number of carbonyl (C=O) groups excluding carboxylic acids is 2. The van der Waals surface area contributed by atoms with Crippen LogP contribution in [-0.4, -0.2) is 95.9 Å². The number of benzene rings is 1. The molecule has 1 N–H and O–H groups in total. The summed E-state index contributed by atoms with van der Waals surface area (Å²) in [5.41, 5.74) is 2.29. The summed E-state index contributed by atoms with van der Waals surface area (Å²) in [6.45, 7) is 14.6. The van der Waals surface area contributed by atoms with E-state index in [0.717, 1.165) is 50.8 Å². The number of nitrogens with zero attached hydrogens (tertiary/aromatic N) is 5. The molecule has 0 atom stereocenters. The molecule has 35 heavy (non-hydrogen) atoms. The van der Waals surface area contributed by atoms with Crippen LogP contribution in [0.2, 0.25) is 0 Å². The molecule has 0 spiro atoms. The Hall–Kier alpha value is -3.13. The Bertz CT molecular complexity index is 1010. The molecule has 2 aromatic rings. The maximum absolute atomic E-state index is 13.1. The lowest BCUT2D eigenvalue weighted by molar-refractivity contribution is 0.0595. The molecular weight excluding hydrogens is 440 g/mol. The summed E-state index contributed by atoms with van der Waals surface area (Å²) in [7, 11) is 0. The number of rotatable bonds is 6. The van der Waals surface area contributed by atoms with Gasteiger partial charge in [-0.1, -0.05) is 0 Å². The molecule has 8 heteroatoms. The van der Waals surface area contributed by atoms with Crippen LogP contribution in [-0.2, 0) is 0 Å². The zero-order chi connectivity index (χ0) is 24.9. The quantitative estimate of drug-likeness (QED) is 0.688. The van der Waals surface area contributed by atoms with Gasteiger partial charge in [-0.15, -0.1) is 0 Å². The normalized spacial score (nSPS) is 17.3. The number of anilines is 2. The number of amides is 2. The summed E-state index contributed by atoms with van der Waals surface area (Å²) in [5.74, 6) is 0.989. The number of pyridine rings is 1. The minimum atomic E-state index is 0.00995. The molecule has 8 nitrogen and oxygen atoms in total. The van der Waals surface area contributed by atoms with Crippen LogP contribution in [0.4, 0.5) is 11.5 Å². The van der Waals surface area contributed by atoms with Gasteiger partial charge in [-0.2, -0.15) is 0 Å². The second kappa shape index (κ2) is 11.1. The van der Waals surface area contributed by atoms with Gasteiger partial charge in [0.15, 0.2) is 5.82 Å². The number of piperazine rings is 2. The van der Waals surface area contributed by atoms with E-state index in [1.54, 1.807) is 24.3 Å². The van der Waals surface area contributed by atoms with Gasteiger partial charge in [-0.05, 0) is 64.1 Å². The monoisotopic (exact) mass is 478 g/mol. The number of hydrogen-bond acceptors (Lipinski definition) is 6. The van der Waals surface area contributed by atoms with E-state index in [0.29, 0.717) is 36.3 Å². The highest BCUT2D eigenvalue weighted by molar-refractivity contribution is 5.98. The van der Waals surface area contributed by atoms with Crippen LogP contribution >= 0.6 is 0 Å². The number of hydrogen-bond donors (Lipinski definition) is 1. The second-order valence-electron chi connectivity index (χ2n) is 9.95. The molecule has 3 heterocycles. The van der Waals surface area contributed by atoms with Gasteiger partial charge in [0.1, 0.15) is 0 Å². The van der Waals surface area contributed by atoms with Crippen molar-refractivity contribution in [3.05, 3.63) is 53.7 Å². The van der Waals surface area contributed by atoms with Crippen LogP contribution in [0.5, 0.6) is 0 Å². The Morgan fingerprint density at radius 3 is 1.77 bits per heavy atom. The molecule has 0 bridgehead atoms. The Morgan fingerprint density at radius 1 is 0.771 bits per heavy atom. The summed E-state index contributed by atoms with van der Waals surface area (Å²) in [5, 5.41) is 3.46. The third-order valence-electron chi connectivity index (χ3n) is 6.81. The molecule has 2 amide bonds. The van der Waals surface area contributed by atoms with Gasteiger partial charge in [-0.3, -0.25) is 14.5 Å². The van der Waals surface area contributed by atoms with Crippen LogP contribution < -0.4 is 10.2 Å². The fourth-order valence-corrected chi connectivity index (χ4v) is 4.76. The van der Waals surface area contributed by atoms with Gasteiger partial charge in [0, 0.05) is 81.8 Å². The first-order chi connectivity index (χ1) is 16.8. The molecule has 2 aliphatic heterocycles. The van der Waals surface area contributed by atoms with Crippen LogP contribution in [0.3, 0.4) is 0 Å². The van der Waals surface area contributed by atoms with Crippen LogP contribution in [0.1, 0.15) is 48.4 Å².